The molecule has 34 heteroatoms. The van der Waals surface area contributed by atoms with E-state index in [1.54, 1.807) is 28.4 Å². The Morgan fingerprint density at radius 1 is 0.368 bits per heavy atom. The molecule has 2 fully saturated rings. The van der Waals surface area contributed by atoms with Crippen LogP contribution in [0.5, 0.6) is 0 Å². The molecule has 0 aromatic heterocycles. The Kier molecular flexibility index (Phi) is 71.1. The SMILES string of the molecule is C=COCC(COCC(COCC(COCC(=O)CCC(=O)ON1C(=O)CCC1=O)OC=C)OCCOC)OCCOC.C=COCC(COCC(COCC(COCC(=O)CCCC(=O)ON1C(=O)CCC1=O)OC=C)OCCOC)OCCOC.CO.CO.CO.CO. The lowest BCUT2D eigenvalue weighted by Gasteiger charge is -2.22. The van der Waals surface area contributed by atoms with E-state index in [0.29, 0.717) is 63.0 Å². The van der Waals surface area contributed by atoms with Gasteiger partial charge < -0.3 is 115 Å². The van der Waals surface area contributed by atoms with E-state index in [2.05, 4.69) is 26.3 Å². The molecule has 2 saturated heterocycles. The summed E-state index contributed by atoms with van der Waals surface area (Å²) < 4.78 is 98.5. The smallest absolute Gasteiger partial charge is 0.333 e. The van der Waals surface area contributed by atoms with Crippen molar-refractivity contribution < 1.29 is 154 Å². The van der Waals surface area contributed by atoms with Crippen molar-refractivity contribution in [2.24, 2.45) is 0 Å². The summed E-state index contributed by atoms with van der Waals surface area (Å²) >= 11 is 0. The van der Waals surface area contributed by atoms with E-state index in [1.165, 1.54) is 25.0 Å². The first-order valence-corrected chi connectivity index (χ1v) is 30.0. The second kappa shape index (κ2) is 70.8. The number of imide groups is 2. The number of methoxy groups -OCH3 is 4. The van der Waals surface area contributed by atoms with Gasteiger partial charge >= 0.3 is 11.9 Å². The molecule has 4 N–H and O–H groups in total. The summed E-state index contributed by atoms with van der Waals surface area (Å²) in [7, 11) is 10.3. The quantitative estimate of drug-likeness (QED) is 0.0362. The molecule has 554 valence electrons. The lowest BCUT2D eigenvalue weighted by molar-refractivity contribution is -0.197. The van der Waals surface area contributed by atoms with Crippen LogP contribution in [0.4, 0.5) is 0 Å². The van der Waals surface area contributed by atoms with Crippen molar-refractivity contribution in [3.63, 3.8) is 0 Å². The van der Waals surface area contributed by atoms with Crippen LogP contribution in [-0.4, -0.2) is 317 Å². The molecule has 4 amide bonds. The molecule has 0 aromatic carbocycles. The Morgan fingerprint density at radius 2 is 0.642 bits per heavy atom. The average molecular weight is 1380 g/mol. The van der Waals surface area contributed by atoms with Crippen molar-refractivity contribution in [2.45, 2.75) is 94.4 Å². The van der Waals surface area contributed by atoms with E-state index >= 15 is 0 Å². The molecule has 0 radical (unpaired) electrons. The molecule has 95 heavy (non-hydrogen) atoms. The number of aliphatic hydroxyl groups excluding tert-OH is 4. The molecule has 0 spiro atoms. The van der Waals surface area contributed by atoms with Crippen LogP contribution in [0.25, 0.3) is 0 Å². The van der Waals surface area contributed by atoms with Gasteiger partial charge in [-0.3, -0.25) is 28.8 Å². The van der Waals surface area contributed by atoms with Gasteiger partial charge in [0, 0.05) is 102 Å². The van der Waals surface area contributed by atoms with E-state index < -0.39 is 60.0 Å². The first kappa shape index (κ1) is 95.4. The molecule has 0 aliphatic carbocycles. The van der Waals surface area contributed by atoms with E-state index in [4.69, 9.17) is 115 Å². The minimum absolute atomic E-state index is 0.00842. The monoisotopic (exact) mass is 1380 g/mol. The first-order valence-electron chi connectivity index (χ1n) is 30.0. The number of ether oxygens (including phenoxy) is 18. The van der Waals surface area contributed by atoms with Crippen molar-refractivity contribution in [3.8, 4) is 0 Å². The van der Waals surface area contributed by atoms with Gasteiger partial charge in [0.15, 0.2) is 11.6 Å². The first-order chi connectivity index (χ1) is 46.2. The fourth-order valence-corrected chi connectivity index (χ4v) is 7.00. The fourth-order valence-electron chi connectivity index (χ4n) is 7.00. The summed E-state index contributed by atoms with van der Waals surface area (Å²) in [4.78, 5) is 104. The number of hydroxylamine groups is 4. The summed E-state index contributed by atoms with van der Waals surface area (Å²) in [5.41, 5.74) is 0. The highest BCUT2D eigenvalue weighted by Crippen LogP contribution is 2.15. The highest BCUT2D eigenvalue weighted by atomic mass is 16.7. The molecule has 2 heterocycles. The van der Waals surface area contributed by atoms with Gasteiger partial charge in [-0.2, -0.15) is 0 Å². The van der Waals surface area contributed by atoms with Gasteiger partial charge in [-0.1, -0.05) is 26.3 Å². The second-order valence-electron chi connectivity index (χ2n) is 18.5. The van der Waals surface area contributed by atoms with E-state index in [1.807, 2.05) is 0 Å². The lowest BCUT2D eigenvalue weighted by Crippen LogP contribution is -2.33. The van der Waals surface area contributed by atoms with Gasteiger partial charge in [0.1, 0.15) is 63.1 Å². The van der Waals surface area contributed by atoms with Gasteiger partial charge in [0.25, 0.3) is 23.6 Å². The number of hydrogen-bond acceptors (Lipinski definition) is 32. The maximum Gasteiger partial charge on any atom is 0.333 e. The Hall–Kier alpha value is -6.00. The average Bonchev–Trinajstić information content (AvgIpc) is 1.76. The Bertz CT molecular complexity index is 1940. The predicted octanol–water partition coefficient (Wildman–Crippen LogP) is 0.313. The third-order valence-electron chi connectivity index (χ3n) is 11.3. The maximum absolute atomic E-state index is 12.2. The molecule has 2 rings (SSSR count). The molecular formula is C61H108N2O32. The molecule has 6 atom stereocenters. The topological polar surface area (TPSA) is 409 Å². The zero-order valence-electron chi connectivity index (χ0n) is 56.6. The maximum atomic E-state index is 12.2. The van der Waals surface area contributed by atoms with Crippen molar-refractivity contribution in [1.29, 1.82) is 0 Å². The number of aliphatic hydroxyl groups is 4. The summed E-state index contributed by atoms with van der Waals surface area (Å²) in [6.07, 6.45) is 2.19. The number of amides is 4. The molecular weight excluding hydrogens is 1270 g/mol. The number of ketones is 2. The zero-order valence-corrected chi connectivity index (χ0v) is 56.6. The van der Waals surface area contributed by atoms with Crippen molar-refractivity contribution in [3.05, 3.63) is 51.4 Å². The summed E-state index contributed by atoms with van der Waals surface area (Å²) in [6.45, 7) is 18.9. The van der Waals surface area contributed by atoms with Gasteiger partial charge in [0.05, 0.1) is 150 Å². The van der Waals surface area contributed by atoms with Gasteiger partial charge in [0.2, 0.25) is 0 Å². The summed E-state index contributed by atoms with van der Waals surface area (Å²) in [6, 6.07) is 0. The van der Waals surface area contributed by atoms with E-state index in [-0.39, 0.29) is 174 Å². The number of hydrogen-bond donors (Lipinski definition) is 4. The van der Waals surface area contributed by atoms with Crippen LogP contribution in [0.1, 0.15) is 57.8 Å². The highest BCUT2D eigenvalue weighted by molar-refractivity contribution is 6.02. The second-order valence-corrected chi connectivity index (χ2v) is 18.5. The van der Waals surface area contributed by atoms with E-state index in [0.717, 1.165) is 28.4 Å². The molecule has 2 aliphatic rings. The van der Waals surface area contributed by atoms with Gasteiger partial charge in [-0.05, 0) is 6.42 Å². The van der Waals surface area contributed by atoms with Crippen LogP contribution in [-0.2, 0) is 133 Å². The van der Waals surface area contributed by atoms with Crippen LogP contribution in [0, 0.1) is 0 Å². The fraction of sp³-hybridized carbons (Fsp3) is 0.738. The largest absolute Gasteiger partial charge is 0.499 e. The van der Waals surface area contributed by atoms with Crippen LogP contribution < -0.4 is 0 Å². The summed E-state index contributed by atoms with van der Waals surface area (Å²) in [5.74, 6) is -4.52. The number of carbonyl (C=O) groups excluding carboxylic acids is 8. The number of rotatable bonds is 59. The minimum atomic E-state index is -0.858. The molecule has 34 nitrogen and oxygen atoms in total. The minimum Gasteiger partial charge on any atom is -0.499 e. The standard InChI is InChI=1S/C29H47NO14.C28H45NO14.4CH4O/c1-5-37-17-25(42-14-12-35-3)20-40-22-26(43-15-13-36-4)21-39-19-24(41-6-2)18-38-16-23(31)8-7-9-29(34)44-30-27(32)10-11-28(30)33;1-5-36-16-24(41-13-11-34-3)19-39-21-25(42-14-12-35-4)20-38-18-23(40-6-2)17-37-15-22(30)7-10-28(33)43-29-26(31)8-9-27(29)32;4*1-2/h5-6,24-26H,1-2,7-22H2,3-4H3;5-6,23-25H,1-2,7-21H2,3-4H3;4*2H,1H3. The van der Waals surface area contributed by atoms with Crippen molar-refractivity contribution >= 4 is 47.1 Å². The van der Waals surface area contributed by atoms with Gasteiger partial charge in [-0.15, -0.1) is 10.1 Å². The Balaban J connectivity index is -0.000000788. The van der Waals surface area contributed by atoms with Crippen molar-refractivity contribution in [1.82, 2.24) is 10.1 Å². The zero-order chi connectivity index (χ0) is 72.1. The van der Waals surface area contributed by atoms with Crippen LogP contribution >= 0.6 is 0 Å². The number of carbonyl (C=O) groups is 8. The van der Waals surface area contributed by atoms with Crippen LogP contribution in [0.15, 0.2) is 51.4 Å². The third kappa shape index (κ3) is 54.8. The predicted molar refractivity (Wildman–Crippen MR) is 334 cm³/mol. The highest BCUT2D eigenvalue weighted by Gasteiger charge is 2.34. The van der Waals surface area contributed by atoms with Crippen molar-refractivity contribution in [2.75, 3.05) is 202 Å². The number of Topliss-reactive ketones (excluding diaryl/α,β-unsaturated/α-hetero) is 2. The molecule has 6 unspecified atom stereocenters. The van der Waals surface area contributed by atoms with E-state index in [9.17, 15) is 38.4 Å². The summed E-state index contributed by atoms with van der Waals surface area (Å²) in [5, 5.41) is 28.9. The Labute approximate surface area is 557 Å². The molecule has 0 bridgehead atoms. The molecule has 0 saturated carbocycles. The molecule has 0 aromatic rings. The molecule has 2 aliphatic heterocycles. The van der Waals surface area contributed by atoms with Crippen LogP contribution in [0.3, 0.4) is 0 Å². The Morgan fingerprint density at radius 3 is 0.937 bits per heavy atom. The third-order valence-corrected chi connectivity index (χ3v) is 11.3. The lowest BCUT2D eigenvalue weighted by atomic mass is 10.2. The number of nitrogens with zero attached hydrogens (tertiary/aromatic N) is 2. The van der Waals surface area contributed by atoms with Crippen LogP contribution in [0.2, 0.25) is 0 Å². The normalized spacial score (nSPS) is 14.1. The van der Waals surface area contributed by atoms with Gasteiger partial charge in [-0.25, -0.2) is 9.59 Å².